The number of aliphatic imine (C=N–C) groups is 1. The lowest BCUT2D eigenvalue weighted by molar-refractivity contribution is 0.407. The molecule has 0 aliphatic heterocycles. The quantitative estimate of drug-likeness (QED) is 0.629. The highest BCUT2D eigenvalue weighted by molar-refractivity contribution is 9.10. The number of aryl methyl sites for hydroxylation is 1. The molecule has 2 aromatic carbocycles. The smallest absolute Gasteiger partial charge is 0.193 e. The minimum absolute atomic E-state index is 0.416. The van der Waals surface area contributed by atoms with Crippen molar-refractivity contribution in [3.63, 3.8) is 0 Å². The summed E-state index contributed by atoms with van der Waals surface area (Å²) in [5, 5.41) is 3.10. The van der Waals surface area contributed by atoms with Crippen LogP contribution in [0.5, 0.6) is 5.75 Å². The molecule has 22 heavy (non-hydrogen) atoms. The van der Waals surface area contributed by atoms with Crippen LogP contribution in [0.3, 0.4) is 0 Å². The van der Waals surface area contributed by atoms with Crippen LogP contribution in [0.1, 0.15) is 11.1 Å². The molecule has 116 valence electrons. The number of benzene rings is 2. The van der Waals surface area contributed by atoms with Gasteiger partial charge in [-0.15, -0.1) is 0 Å². The van der Waals surface area contributed by atoms with Crippen LogP contribution in [0.15, 0.2) is 51.9 Å². The zero-order chi connectivity index (χ0) is 15.9. The SMILES string of the molecule is COc1c(Br)cccc1CCN=C(N)Nc1cccc(C)c1. The maximum absolute atomic E-state index is 5.92. The van der Waals surface area contributed by atoms with Crippen LogP contribution in [0.25, 0.3) is 0 Å². The second-order valence-corrected chi connectivity index (χ2v) is 5.80. The molecule has 4 nitrogen and oxygen atoms in total. The van der Waals surface area contributed by atoms with Gasteiger partial charge in [0.2, 0.25) is 0 Å². The van der Waals surface area contributed by atoms with E-state index in [0.717, 1.165) is 27.9 Å². The second kappa shape index (κ2) is 7.84. The van der Waals surface area contributed by atoms with Crippen LogP contribution >= 0.6 is 15.9 Å². The Morgan fingerprint density at radius 1 is 1.27 bits per heavy atom. The third kappa shape index (κ3) is 4.49. The molecule has 3 N–H and O–H groups in total. The summed E-state index contributed by atoms with van der Waals surface area (Å²) in [4.78, 5) is 4.36. The van der Waals surface area contributed by atoms with Crippen molar-refractivity contribution < 1.29 is 4.74 Å². The normalized spacial score (nSPS) is 11.3. The fraction of sp³-hybridized carbons (Fsp3) is 0.235. The number of anilines is 1. The van der Waals surface area contributed by atoms with Crippen molar-refractivity contribution >= 4 is 27.6 Å². The van der Waals surface area contributed by atoms with Gasteiger partial charge in [0.25, 0.3) is 0 Å². The van der Waals surface area contributed by atoms with Gasteiger partial charge >= 0.3 is 0 Å². The van der Waals surface area contributed by atoms with Crippen molar-refractivity contribution in [1.82, 2.24) is 0 Å². The summed E-state index contributed by atoms with van der Waals surface area (Å²) in [6, 6.07) is 14.0. The molecule has 0 bridgehead atoms. The Morgan fingerprint density at radius 2 is 2.05 bits per heavy atom. The number of nitrogens with one attached hydrogen (secondary N) is 1. The van der Waals surface area contributed by atoms with Crippen molar-refractivity contribution in [2.24, 2.45) is 10.7 Å². The molecular weight excluding hydrogens is 342 g/mol. The first-order valence-electron chi connectivity index (χ1n) is 7.05. The molecular formula is C17H20BrN3O. The zero-order valence-electron chi connectivity index (χ0n) is 12.8. The molecule has 0 aliphatic carbocycles. The number of nitrogens with zero attached hydrogens (tertiary/aromatic N) is 1. The van der Waals surface area contributed by atoms with Crippen LogP contribution in [0.2, 0.25) is 0 Å². The monoisotopic (exact) mass is 361 g/mol. The Balaban J connectivity index is 1.96. The Bertz CT molecular complexity index is 671. The first-order valence-corrected chi connectivity index (χ1v) is 7.84. The summed E-state index contributed by atoms with van der Waals surface area (Å²) in [6.45, 7) is 2.63. The summed E-state index contributed by atoms with van der Waals surface area (Å²) in [6.07, 6.45) is 0.763. The van der Waals surface area contributed by atoms with Gasteiger partial charge in [-0.3, -0.25) is 4.99 Å². The Hall–Kier alpha value is -2.01. The van der Waals surface area contributed by atoms with E-state index >= 15 is 0 Å². The van der Waals surface area contributed by atoms with E-state index in [1.54, 1.807) is 7.11 Å². The van der Waals surface area contributed by atoms with E-state index in [9.17, 15) is 0 Å². The molecule has 0 radical (unpaired) electrons. The van der Waals surface area contributed by atoms with Gasteiger partial charge in [0.15, 0.2) is 5.96 Å². The predicted octanol–water partition coefficient (Wildman–Crippen LogP) is 3.74. The summed E-state index contributed by atoms with van der Waals surface area (Å²) >= 11 is 3.48. The Morgan fingerprint density at radius 3 is 2.77 bits per heavy atom. The highest BCUT2D eigenvalue weighted by Crippen LogP contribution is 2.28. The first kappa shape index (κ1) is 16.4. The molecule has 0 fully saturated rings. The van der Waals surface area contributed by atoms with Crippen LogP contribution in [-0.4, -0.2) is 19.6 Å². The lowest BCUT2D eigenvalue weighted by Crippen LogP contribution is -2.23. The number of rotatable bonds is 5. The summed E-state index contributed by atoms with van der Waals surface area (Å²) in [7, 11) is 1.67. The molecule has 2 rings (SSSR count). The van der Waals surface area contributed by atoms with Gasteiger partial charge in [0.1, 0.15) is 5.75 Å². The Labute approximate surface area is 139 Å². The first-order chi connectivity index (χ1) is 10.6. The average Bonchev–Trinajstić information content (AvgIpc) is 2.47. The van der Waals surface area contributed by atoms with Gasteiger partial charge in [0, 0.05) is 12.2 Å². The van der Waals surface area contributed by atoms with Gasteiger partial charge < -0.3 is 15.8 Å². The standard InChI is InChI=1S/C17H20BrN3O/c1-12-5-3-7-14(11-12)21-17(19)20-10-9-13-6-4-8-15(18)16(13)22-2/h3-8,11H,9-10H2,1-2H3,(H3,19,20,21). The van der Waals surface area contributed by atoms with E-state index in [1.165, 1.54) is 5.56 Å². The predicted molar refractivity (Wildman–Crippen MR) is 95.7 cm³/mol. The molecule has 0 aliphatic rings. The van der Waals surface area contributed by atoms with E-state index in [0.29, 0.717) is 12.5 Å². The van der Waals surface area contributed by atoms with Crippen molar-refractivity contribution in [3.8, 4) is 5.75 Å². The van der Waals surface area contributed by atoms with Gasteiger partial charge in [-0.1, -0.05) is 24.3 Å². The maximum atomic E-state index is 5.92. The number of hydrogen-bond donors (Lipinski definition) is 2. The zero-order valence-corrected chi connectivity index (χ0v) is 14.4. The number of para-hydroxylation sites is 1. The van der Waals surface area contributed by atoms with E-state index < -0.39 is 0 Å². The number of ether oxygens (including phenoxy) is 1. The van der Waals surface area contributed by atoms with E-state index in [-0.39, 0.29) is 0 Å². The Kier molecular flexibility index (Phi) is 5.83. The molecule has 0 unspecified atom stereocenters. The molecule has 2 aromatic rings. The molecule has 0 atom stereocenters. The van der Waals surface area contributed by atoms with E-state index in [2.05, 4.69) is 26.2 Å². The number of guanidine groups is 1. The summed E-state index contributed by atoms with van der Waals surface area (Å²) < 4.78 is 6.35. The van der Waals surface area contributed by atoms with Crippen LogP contribution in [0.4, 0.5) is 5.69 Å². The van der Waals surface area contributed by atoms with Gasteiger partial charge in [-0.2, -0.15) is 0 Å². The fourth-order valence-corrected chi connectivity index (χ4v) is 2.76. The topological polar surface area (TPSA) is 59.6 Å². The third-order valence-electron chi connectivity index (χ3n) is 3.21. The van der Waals surface area contributed by atoms with Crippen molar-refractivity contribution in [1.29, 1.82) is 0 Å². The fourth-order valence-electron chi connectivity index (χ4n) is 2.19. The highest BCUT2D eigenvalue weighted by atomic mass is 79.9. The minimum atomic E-state index is 0.416. The van der Waals surface area contributed by atoms with Gasteiger partial charge in [-0.05, 0) is 58.6 Å². The number of hydrogen-bond acceptors (Lipinski definition) is 2. The number of halogens is 1. The molecule has 0 amide bonds. The summed E-state index contributed by atoms with van der Waals surface area (Å²) in [5.41, 5.74) is 9.14. The second-order valence-electron chi connectivity index (χ2n) is 4.94. The van der Waals surface area contributed by atoms with Crippen LogP contribution < -0.4 is 15.8 Å². The maximum Gasteiger partial charge on any atom is 0.193 e. The average molecular weight is 362 g/mol. The third-order valence-corrected chi connectivity index (χ3v) is 3.83. The van der Waals surface area contributed by atoms with Crippen LogP contribution in [0, 0.1) is 6.92 Å². The van der Waals surface area contributed by atoms with Crippen molar-refractivity contribution in [3.05, 3.63) is 58.1 Å². The number of methoxy groups -OCH3 is 1. The van der Waals surface area contributed by atoms with Crippen molar-refractivity contribution in [2.75, 3.05) is 19.0 Å². The number of nitrogens with two attached hydrogens (primary N) is 1. The highest BCUT2D eigenvalue weighted by Gasteiger charge is 2.06. The molecule has 0 spiro atoms. The minimum Gasteiger partial charge on any atom is -0.495 e. The van der Waals surface area contributed by atoms with Crippen LogP contribution in [-0.2, 0) is 6.42 Å². The van der Waals surface area contributed by atoms with E-state index in [1.807, 2.05) is 49.4 Å². The molecule has 0 saturated heterocycles. The summed E-state index contributed by atoms with van der Waals surface area (Å²) in [5.74, 6) is 1.27. The lowest BCUT2D eigenvalue weighted by atomic mass is 10.1. The largest absolute Gasteiger partial charge is 0.495 e. The molecule has 0 aromatic heterocycles. The van der Waals surface area contributed by atoms with E-state index in [4.69, 9.17) is 10.5 Å². The van der Waals surface area contributed by atoms with Gasteiger partial charge in [0.05, 0.1) is 11.6 Å². The van der Waals surface area contributed by atoms with Gasteiger partial charge in [-0.25, -0.2) is 0 Å². The van der Waals surface area contributed by atoms with Crippen molar-refractivity contribution in [2.45, 2.75) is 13.3 Å². The molecule has 0 heterocycles. The lowest BCUT2D eigenvalue weighted by Gasteiger charge is -2.10. The molecule has 0 saturated carbocycles. The molecule has 5 heteroatoms.